The van der Waals surface area contributed by atoms with E-state index in [4.69, 9.17) is 0 Å². The van der Waals surface area contributed by atoms with Crippen LogP contribution in [0.25, 0.3) is 0 Å². The molecule has 1 aromatic carbocycles. The summed E-state index contributed by atoms with van der Waals surface area (Å²) in [6, 6.07) is 3.82. The molecule has 0 bridgehead atoms. The summed E-state index contributed by atoms with van der Waals surface area (Å²) in [5.74, 6) is 1.03. The van der Waals surface area contributed by atoms with E-state index >= 15 is 0 Å². The zero-order valence-corrected chi connectivity index (χ0v) is 7.59. The summed E-state index contributed by atoms with van der Waals surface area (Å²) < 4.78 is 0. The molecule has 0 fully saturated rings. The van der Waals surface area contributed by atoms with Crippen LogP contribution in [0, 0.1) is 6.92 Å². The molecule has 0 aliphatic heterocycles. The Labute approximate surface area is 73.0 Å². The van der Waals surface area contributed by atoms with Crippen molar-refractivity contribution in [3.8, 4) is 5.75 Å². The van der Waals surface area contributed by atoms with E-state index in [-0.39, 0.29) is 0 Å². The van der Waals surface area contributed by atoms with Gasteiger partial charge in [0.05, 0.1) is 0 Å². The monoisotopic (exact) mass is 162 g/mol. The molecule has 0 heterocycles. The molecule has 0 saturated heterocycles. The van der Waals surface area contributed by atoms with Crippen molar-refractivity contribution in [1.29, 1.82) is 0 Å². The molecule has 0 radical (unpaired) electrons. The molecule has 64 valence electrons. The molecule has 0 saturated carbocycles. The van der Waals surface area contributed by atoms with Crippen molar-refractivity contribution in [1.82, 2.24) is 0 Å². The molecule has 1 atom stereocenters. The summed E-state index contributed by atoms with van der Waals surface area (Å²) in [5.41, 5.74) is 3.89. The number of aryl methyl sites for hydroxylation is 1. The van der Waals surface area contributed by atoms with Gasteiger partial charge in [0.25, 0.3) is 0 Å². The van der Waals surface area contributed by atoms with Crippen LogP contribution in [0.2, 0.25) is 0 Å². The van der Waals surface area contributed by atoms with Crippen molar-refractivity contribution in [3.05, 3.63) is 28.8 Å². The molecular weight excluding hydrogens is 148 g/mol. The molecule has 12 heavy (non-hydrogen) atoms. The molecule has 1 heteroatoms. The maximum absolute atomic E-state index is 9.63. The standard InChI is InChI=1S/C11H14O/c1-7-4-6-10(12)11-8(2)3-5-9(7)11/h4,6,8,12H,3,5H2,1-2H3. The molecule has 2 rings (SSSR count). The molecule has 1 unspecified atom stereocenters. The van der Waals surface area contributed by atoms with E-state index in [0.717, 1.165) is 6.42 Å². The zero-order chi connectivity index (χ0) is 8.72. The second-order valence-electron chi connectivity index (χ2n) is 3.73. The normalized spacial score (nSPS) is 21.0. The van der Waals surface area contributed by atoms with Crippen LogP contribution in [0.1, 0.15) is 36.0 Å². The SMILES string of the molecule is Cc1ccc(O)c2c1CCC2C. The van der Waals surface area contributed by atoms with Crippen LogP contribution < -0.4 is 0 Å². The number of benzene rings is 1. The highest BCUT2D eigenvalue weighted by Gasteiger charge is 2.22. The molecule has 1 aliphatic carbocycles. The Balaban J connectivity index is 2.64. The Bertz CT molecular complexity index is 315. The predicted molar refractivity (Wildman–Crippen MR) is 49.6 cm³/mol. The quantitative estimate of drug-likeness (QED) is 0.622. The Hall–Kier alpha value is -0.980. The van der Waals surface area contributed by atoms with Gasteiger partial charge in [0.1, 0.15) is 5.75 Å². The van der Waals surface area contributed by atoms with Crippen molar-refractivity contribution in [2.75, 3.05) is 0 Å². The average molecular weight is 162 g/mol. The molecule has 1 aliphatic rings. The lowest BCUT2D eigenvalue weighted by atomic mass is 9.99. The third kappa shape index (κ3) is 0.927. The van der Waals surface area contributed by atoms with Crippen LogP contribution >= 0.6 is 0 Å². The molecule has 0 aromatic heterocycles. The number of fused-ring (bicyclic) bond motifs is 1. The first-order chi connectivity index (χ1) is 5.70. The summed E-state index contributed by atoms with van der Waals surface area (Å²) in [7, 11) is 0. The van der Waals surface area contributed by atoms with Crippen LogP contribution in [-0.4, -0.2) is 5.11 Å². The lowest BCUT2D eigenvalue weighted by molar-refractivity contribution is 0.464. The van der Waals surface area contributed by atoms with E-state index in [1.54, 1.807) is 0 Å². The molecular formula is C11H14O. The van der Waals surface area contributed by atoms with Crippen molar-refractivity contribution in [2.24, 2.45) is 0 Å². The average Bonchev–Trinajstić information content (AvgIpc) is 2.42. The van der Waals surface area contributed by atoms with Crippen molar-refractivity contribution in [3.63, 3.8) is 0 Å². The van der Waals surface area contributed by atoms with Gasteiger partial charge < -0.3 is 5.11 Å². The Kier molecular flexibility index (Phi) is 1.60. The maximum Gasteiger partial charge on any atom is 0.119 e. The van der Waals surface area contributed by atoms with Gasteiger partial charge in [-0.1, -0.05) is 13.0 Å². The third-order valence-electron chi connectivity index (χ3n) is 2.89. The highest BCUT2D eigenvalue weighted by atomic mass is 16.3. The summed E-state index contributed by atoms with van der Waals surface area (Å²) in [6.07, 6.45) is 2.32. The number of rotatable bonds is 0. The largest absolute Gasteiger partial charge is 0.508 e. The number of aromatic hydroxyl groups is 1. The van der Waals surface area contributed by atoms with Gasteiger partial charge in [0, 0.05) is 5.56 Å². The van der Waals surface area contributed by atoms with Gasteiger partial charge in [-0.05, 0) is 42.9 Å². The maximum atomic E-state index is 9.63. The Morgan fingerprint density at radius 1 is 1.42 bits per heavy atom. The minimum atomic E-state index is 0.487. The summed E-state index contributed by atoms with van der Waals surface area (Å²) in [6.45, 7) is 4.31. The minimum absolute atomic E-state index is 0.487. The first-order valence-corrected chi connectivity index (χ1v) is 4.51. The first-order valence-electron chi connectivity index (χ1n) is 4.51. The highest BCUT2D eigenvalue weighted by molar-refractivity contribution is 5.48. The molecule has 1 nitrogen and oxygen atoms in total. The van der Waals surface area contributed by atoms with Crippen LogP contribution in [0.15, 0.2) is 12.1 Å². The smallest absolute Gasteiger partial charge is 0.119 e. The molecule has 0 spiro atoms. The third-order valence-corrected chi connectivity index (χ3v) is 2.89. The number of phenolic OH excluding ortho intramolecular Hbond substituents is 1. The molecule has 1 aromatic rings. The van der Waals surface area contributed by atoms with E-state index in [9.17, 15) is 5.11 Å². The van der Waals surface area contributed by atoms with Gasteiger partial charge in [-0.2, -0.15) is 0 Å². The second-order valence-corrected chi connectivity index (χ2v) is 3.73. The molecule has 1 N–H and O–H groups in total. The Morgan fingerprint density at radius 2 is 2.17 bits per heavy atom. The summed E-state index contributed by atoms with van der Waals surface area (Å²) >= 11 is 0. The minimum Gasteiger partial charge on any atom is -0.508 e. The van der Waals surface area contributed by atoms with E-state index < -0.39 is 0 Å². The lowest BCUT2D eigenvalue weighted by Crippen LogP contribution is -1.89. The van der Waals surface area contributed by atoms with Crippen molar-refractivity contribution in [2.45, 2.75) is 32.6 Å². The van der Waals surface area contributed by atoms with Gasteiger partial charge in [0.2, 0.25) is 0 Å². The van der Waals surface area contributed by atoms with Crippen LogP contribution in [-0.2, 0) is 6.42 Å². The van der Waals surface area contributed by atoms with Gasteiger partial charge in [-0.3, -0.25) is 0 Å². The Morgan fingerprint density at radius 3 is 2.83 bits per heavy atom. The van der Waals surface area contributed by atoms with E-state index in [1.165, 1.54) is 23.1 Å². The summed E-state index contributed by atoms with van der Waals surface area (Å²) in [5, 5.41) is 9.63. The highest BCUT2D eigenvalue weighted by Crippen LogP contribution is 2.39. The fourth-order valence-corrected chi connectivity index (χ4v) is 2.15. The predicted octanol–water partition coefficient (Wildman–Crippen LogP) is 2.75. The van der Waals surface area contributed by atoms with Crippen LogP contribution in [0.5, 0.6) is 5.75 Å². The second kappa shape index (κ2) is 2.51. The van der Waals surface area contributed by atoms with Gasteiger partial charge in [0.15, 0.2) is 0 Å². The van der Waals surface area contributed by atoms with Crippen molar-refractivity contribution >= 4 is 0 Å². The van der Waals surface area contributed by atoms with E-state index in [0.29, 0.717) is 11.7 Å². The number of hydrogen-bond acceptors (Lipinski definition) is 1. The lowest BCUT2D eigenvalue weighted by Gasteiger charge is -2.08. The first kappa shape index (κ1) is 7.66. The van der Waals surface area contributed by atoms with E-state index in [1.807, 2.05) is 12.1 Å². The van der Waals surface area contributed by atoms with Crippen molar-refractivity contribution < 1.29 is 5.11 Å². The topological polar surface area (TPSA) is 20.2 Å². The van der Waals surface area contributed by atoms with Crippen LogP contribution in [0.3, 0.4) is 0 Å². The zero-order valence-electron chi connectivity index (χ0n) is 7.59. The number of phenols is 1. The number of hydrogen-bond donors (Lipinski definition) is 1. The van der Waals surface area contributed by atoms with Gasteiger partial charge in [-0.15, -0.1) is 0 Å². The fraction of sp³-hybridized carbons (Fsp3) is 0.455. The summed E-state index contributed by atoms with van der Waals surface area (Å²) in [4.78, 5) is 0. The van der Waals surface area contributed by atoms with Gasteiger partial charge >= 0.3 is 0 Å². The van der Waals surface area contributed by atoms with Gasteiger partial charge in [-0.25, -0.2) is 0 Å². The fourth-order valence-electron chi connectivity index (χ4n) is 2.15. The van der Waals surface area contributed by atoms with Crippen LogP contribution in [0.4, 0.5) is 0 Å². The molecule has 0 amide bonds. The van der Waals surface area contributed by atoms with E-state index in [2.05, 4.69) is 13.8 Å².